The van der Waals surface area contributed by atoms with Gasteiger partial charge in [-0.15, -0.1) is 0 Å². The summed E-state index contributed by atoms with van der Waals surface area (Å²) >= 11 is 0. The Morgan fingerprint density at radius 1 is 0.828 bits per heavy atom. The van der Waals surface area contributed by atoms with Gasteiger partial charge in [-0.25, -0.2) is 9.59 Å². The molecule has 2 aromatic rings. The van der Waals surface area contributed by atoms with Crippen LogP contribution in [0.5, 0.6) is 11.5 Å². The molecule has 0 saturated carbocycles. The number of benzene rings is 2. The minimum atomic E-state index is -1.45. The number of nitrogens with zero attached hydrogens (tertiary/aromatic N) is 2. The average molecular weight is 407 g/mol. The molecular weight excluding hydrogens is 394 g/mol. The minimum Gasteiger partial charge on any atom is -0.494 e. The van der Waals surface area contributed by atoms with E-state index >= 15 is 0 Å². The van der Waals surface area contributed by atoms with Crippen LogP contribution < -0.4 is 14.8 Å². The Labute approximate surface area is 161 Å². The third kappa shape index (κ3) is 4.13. The second-order valence-electron chi connectivity index (χ2n) is 5.39. The van der Waals surface area contributed by atoms with Crippen molar-refractivity contribution in [3.63, 3.8) is 0 Å². The van der Waals surface area contributed by atoms with Gasteiger partial charge >= 0.3 is 11.9 Å². The van der Waals surface area contributed by atoms with Crippen molar-refractivity contribution in [1.82, 2.24) is 0 Å². The standard InChI is InChI=1S/C16H13N3O10/c1-28-11-5-7(15(20)21)3-9(18(24)25)13(11)17-14-10(19(26)27)4-8(16(22)23)6-12(14)29-2/h3-6,17H,1-2H3,(H,20,21)(H,22,23). The summed E-state index contributed by atoms with van der Waals surface area (Å²) in [6.07, 6.45) is 0. The number of hydrogen-bond acceptors (Lipinski definition) is 9. The molecule has 0 atom stereocenters. The first-order valence-corrected chi connectivity index (χ1v) is 7.57. The number of hydrogen-bond donors (Lipinski definition) is 3. The molecule has 13 heteroatoms. The maximum Gasteiger partial charge on any atom is 0.336 e. The van der Waals surface area contributed by atoms with Gasteiger partial charge in [0.25, 0.3) is 11.4 Å². The summed E-state index contributed by atoms with van der Waals surface area (Å²) in [4.78, 5) is 43.5. The molecule has 0 fully saturated rings. The van der Waals surface area contributed by atoms with Crippen LogP contribution in [-0.4, -0.2) is 46.2 Å². The molecule has 0 spiro atoms. The number of carbonyl (C=O) groups is 2. The molecule has 0 aliphatic rings. The molecule has 0 amide bonds. The predicted octanol–water partition coefficient (Wildman–Crippen LogP) is 2.66. The minimum absolute atomic E-state index is 0.282. The number of aromatic carboxylic acids is 2. The first-order chi connectivity index (χ1) is 13.6. The van der Waals surface area contributed by atoms with Crippen molar-refractivity contribution in [1.29, 1.82) is 0 Å². The third-order valence-corrected chi connectivity index (χ3v) is 3.74. The van der Waals surface area contributed by atoms with Gasteiger partial charge in [0.2, 0.25) is 0 Å². The van der Waals surface area contributed by atoms with Gasteiger partial charge in [-0.3, -0.25) is 20.2 Å². The number of nitrogens with one attached hydrogen (secondary N) is 1. The fraction of sp³-hybridized carbons (Fsp3) is 0.125. The SMILES string of the molecule is COc1cc(C(=O)O)cc([N+](=O)[O-])c1Nc1c(OC)cc(C(=O)O)cc1[N+](=O)[O-]. The highest BCUT2D eigenvalue weighted by atomic mass is 16.6. The highest BCUT2D eigenvalue weighted by Gasteiger charge is 2.29. The lowest BCUT2D eigenvalue weighted by Crippen LogP contribution is -2.08. The van der Waals surface area contributed by atoms with E-state index in [1.54, 1.807) is 0 Å². The van der Waals surface area contributed by atoms with E-state index in [-0.39, 0.29) is 22.9 Å². The Kier molecular flexibility index (Phi) is 5.82. The molecule has 3 N–H and O–H groups in total. The van der Waals surface area contributed by atoms with Crippen molar-refractivity contribution in [2.24, 2.45) is 0 Å². The second kappa shape index (κ2) is 8.08. The maximum absolute atomic E-state index is 11.4. The van der Waals surface area contributed by atoms with Crippen molar-refractivity contribution in [2.75, 3.05) is 19.5 Å². The molecule has 0 aromatic heterocycles. The Hall–Kier alpha value is -4.42. The topological polar surface area (TPSA) is 191 Å². The smallest absolute Gasteiger partial charge is 0.336 e. The largest absolute Gasteiger partial charge is 0.494 e. The number of carboxylic acid groups (broad SMARTS) is 2. The number of methoxy groups -OCH3 is 2. The van der Waals surface area contributed by atoms with Crippen LogP contribution in [0.1, 0.15) is 20.7 Å². The number of rotatable bonds is 8. The third-order valence-electron chi connectivity index (χ3n) is 3.74. The number of nitro benzene ring substituents is 2. The van der Waals surface area contributed by atoms with Crippen LogP contribution in [0.15, 0.2) is 24.3 Å². The van der Waals surface area contributed by atoms with Crippen LogP contribution in [0.3, 0.4) is 0 Å². The molecule has 2 aromatic carbocycles. The second-order valence-corrected chi connectivity index (χ2v) is 5.39. The van der Waals surface area contributed by atoms with E-state index in [0.29, 0.717) is 0 Å². The lowest BCUT2D eigenvalue weighted by molar-refractivity contribution is -0.384. The summed E-state index contributed by atoms with van der Waals surface area (Å²) in [7, 11) is 2.24. The van der Waals surface area contributed by atoms with Crippen molar-refractivity contribution in [2.45, 2.75) is 0 Å². The Bertz CT molecular complexity index is 953. The predicted molar refractivity (Wildman–Crippen MR) is 96.5 cm³/mol. The zero-order chi connectivity index (χ0) is 21.9. The summed E-state index contributed by atoms with van der Waals surface area (Å²) in [5, 5.41) is 43.6. The lowest BCUT2D eigenvalue weighted by Gasteiger charge is -2.15. The highest BCUT2D eigenvalue weighted by Crippen LogP contribution is 2.44. The Balaban J connectivity index is 2.79. The zero-order valence-electron chi connectivity index (χ0n) is 14.9. The van der Waals surface area contributed by atoms with Crippen LogP contribution in [0, 0.1) is 20.2 Å². The van der Waals surface area contributed by atoms with Crippen molar-refractivity contribution < 1.29 is 39.1 Å². The number of carboxylic acids is 2. The van der Waals surface area contributed by atoms with Gasteiger partial charge in [0, 0.05) is 12.1 Å². The summed E-state index contributed by atoms with van der Waals surface area (Å²) in [6.45, 7) is 0. The van der Waals surface area contributed by atoms with Gasteiger partial charge < -0.3 is 25.0 Å². The summed E-state index contributed by atoms with van der Waals surface area (Å²) in [5.41, 5.74) is -3.12. The van der Waals surface area contributed by atoms with Gasteiger partial charge in [-0.1, -0.05) is 0 Å². The van der Waals surface area contributed by atoms with E-state index in [9.17, 15) is 29.8 Å². The van der Waals surface area contributed by atoms with Crippen molar-refractivity contribution in [3.05, 3.63) is 55.6 Å². The normalized spacial score (nSPS) is 10.1. The van der Waals surface area contributed by atoms with E-state index < -0.39 is 44.3 Å². The van der Waals surface area contributed by atoms with Crippen LogP contribution in [0.25, 0.3) is 0 Å². The number of anilines is 2. The molecule has 29 heavy (non-hydrogen) atoms. The van der Waals surface area contributed by atoms with Crippen LogP contribution in [0.4, 0.5) is 22.7 Å². The molecule has 0 unspecified atom stereocenters. The summed E-state index contributed by atoms with van der Waals surface area (Å²) < 4.78 is 10.00. The Morgan fingerprint density at radius 2 is 1.17 bits per heavy atom. The van der Waals surface area contributed by atoms with Crippen LogP contribution in [-0.2, 0) is 0 Å². The molecule has 0 aliphatic carbocycles. The van der Waals surface area contributed by atoms with Crippen molar-refractivity contribution in [3.8, 4) is 11.5 Å². The molecule has 0 saturated heterocycles. The van der Waals surface area contributed by atoms with Gasteiger partial charge in [-0.05, 0) is 12.1 Å². The van der Waals surface area contributed by atoms with Gasteiger partial charge in [0.05, 0.1) is 35.2 Å². The molecule has 2 rings (SSSR count). The van der Waals surface area contributed by atoms with Crippen LogP contribution >= 0.6 is 0 Å². The molecule has 152 valence electrons. The number of nitro groups is 2. The highest BCUT2D eigenvalue weighted by molar-refractivity contribution is 5.95. The molecule has 0 aliphatic heterocycles. The summed E-state index contributed by atoms with van der Waals surface area (Å²) in [6, 6.07) is 3.47. The van der Waals surface area contributed by atoms with E-state index in [1.807, 2.05) is 0 Å². The first-order valence-electron chi connectivity index (χ1n) is 7.57. The maximum atomic E-state index is 11.4. The average Bonchev–Trinajstić information content (AvgIpc) is 2.66. The summed E-state index contributed by atoms with van der Waals surface area (Å²) in [5.74, 6) is -3.47. The van der Waals surface area contributed by atoms with E-state index in [1.165, 1.54) is 0 Å². The van der Waals surface area contributed by atoms with Crippen LogP contribution in [0.2, 0.25) is 0 Å². The Morgan fingerprint density at radius 3 is 1.41 bits per heavy atom. The monoisotopic (exact) mass is 407 g/mol. The molecule has 0 radical (unpaired) electrons. The quantitative estimate of drug-likeness (QED) is 0.430. The van der Waals surface area contributed by atoms with Gasteiger partial charge in [0.1, 0.15) is 11.5 Å². The fourth-order valence-corrected chi connectivity index (χ4v) is 2.43. The molecule has 13 nitrogen and oxygen atoms in total. The molecule has 0 heterocycles. The molecule has 0 bridgehead atoms. The van der Waals surface area contributed by atoms with Gasteiger partial charge in [0.15, 0.2) is 11.4 Å². The first kappa shape index (κ1) is 20.9. The number of ether oxygens (including phenoxy) is 2. The lowest BCUT2D eigenvalue weighted by atomic mass is 10.1. The molecular formula is C16H13N3O10. The van der Waals surface area contributed by atoms with Gasteiger partial charge in [-0.2, -0.15) is 0 Å². The zero-order valence-corrected chi connectivity index (χ0v) is 14.9. The fourth-order valence-electron chi connectivity index (χ4n) is 2.43. The van der Waals surface area contributed by atoms with E-state index in [2.05, 4.69) is 5.32 Å². The van der Waals surface area contributed by atoms with E-state index in [4.69, 9.17) is 19.7 Å². The van der Waals surface area contributed by atoms with Crippen molar-refractivity contribution >= 4 is 34.7 Å². The van der Waals surface area contributed by atoms with E-state index in [0.717, 1.165) is 38.5 Å².